The second-order valence-corrected chi connectivity index (χ2v) is 5.03. The molecule has 1 saturated carbocycles. The van der Waals surface area contributed by atoms with Gasteiger partial charge in [0.2, 0.25) is 0 Å². The number of nitrogens with zero attached hydrogens (tertiary/aromatic N) is 2. The van der Waals surface area contributed by atoms with Gasteiger partial charge >= 0.3 is 0 Å². The van der Waals surface area contributed by atoms with E-state index in [1.807, 2.05) is 11.5 Å². The molecule has 1 aliphatic carbocycles. The average Bonchev–Trinajstić information content (AvgIpc) is 3.10. The fourth-order valence-corrected chi connectivity index (χ4v) is 2.33. The summed E-state index contributed by atoms with van der Waals surface area (Å²) in [4.78, 5) is 4.44. The van der Waals surface area contributed by atoms with Crippen LogP contribution in [-0.4, -0.2) is 9.55 Å². The maximum absolute atomic E-state index is 13.5. The number of halogens is 2. The quantitative estimate of drug-likeness (QED) is 0.902. The largest absolute Gasteiger partial charge is 0.383 e. The van der Waals surface area contributed by atoms with E-state index in [4.69, 9.17) is 17.3 Å². The van der Waals surface area contributed by atoms with Gasteiger partial charge in [0.15, 0.2) is 0 Å². The summed E-state index contributed by atoms with van der Waals surface area (Å²) < 4.78 is 15.5. The Morgan fingerprint density at radius 3 is 2.78 bits per heavy atom. The van der Waals surface area contributed by atoms with Gasteiger partial charge in [-0.05, 0) is 31.9 Å². The molecule has 0 bridgehead atoms. The molecule has 2 aromatic rings. The first-order valence-corrected chi connectivity index (χ1v) is 6.25. The first-order valence-electron chi connectivity index (χ1n) is 5.87. The third-order valence-corrected chi connectivity index (χ3v) is 3.54. The van der Waals surface area contributed by atoms with E-state index in [0.29, 0.717) is 23.1 Å². The molecule has 1 aromatic carbocycles. The number of aryl methyl sites for hydroxylation is 1. The molecule has 0 amide bonds. The number of aromatic nitrogens is 2. The molecular formula is C13H13ClFN3. The van der Waals surface area contributed by atoms with Crippen molar-refractivity contribution in [2.75, 3.05) is 5.73 Å². The molecule has 2 N–H and O–H groups in total. The Morgan fingerprint density at radius 1 is 1.44 bits per heavy atom. The summed E-state index contributed by atoms with van der Waals surface area (Å²) in [5.74, 6) is 1.03. The van der Waals surface area contributed by atoms with Gasteiger partial charge in [0.1, 0.15) is 23.2 Å². The molecule has 5 heteroatoms. The van der Waals surface area contributed by atoms with Crippen molar-refractivity contribution in [1.82, 2.24) is 9.55 Å². The van der Waals surface area contributed by atoms with Crippen LogP contribution in [0.1, 0.15) is 24.7 Å². The average molecular weight is 266 g/mol. The van der Waals surface area contributed by atoms with Crippen LogP contribution in [0.15, 0.2) is 18.2 Å². The number of hydrogen-bond acceptors (Lipinski definition) is 2. The molecule has 0 atom stereocenters. The zero-order valence-electron chi connectivity index (χ0n) is 9.95. The molecule has 1 heterocycles. The van der Waals surface area contributed by atoms with E-state index < -0.39 is 5.82 Å². The van der Waals surface area contributed by atoms with Crippen molar-refractivity contribution in [2.24, 2.45) is 0 Å². The molecule has 94 valence electrons. The minimum absolute atomic E-state index is 0.107. The Hall–Kier alpha value is -1.55. The van der Waals surface area contributed by atoms with Crippen LogP contribution < -0.4 is 5.73 Å². The molecule has 3 rings (SSSR count). The van der Waals surface area contributed by atoms with Gasteiger partial charge in [0, 0.05) is 11.6 Å². The molecule has 1 aromatic heterocycles. The Balaban J connectivity index is 2.11. The third kappa shape index (κ3) is 1.77. The van der Waals surface area contributed by atoms with E-state index in [2.05, 4.69) is 4.98 Å². The summed E-state index contributed by atoms with van der Waals surface area (Å²) in [6.45, 7) is 1.92. The minimum Gasteiger partial charge on any atom is -0.383 e. The lowest BCUT2D eigenvalue weighted by molar-refractivity contribution is 0.628. The van der Waals surface area contributed by atoms with Crippen molar-refractivity contribution in [3.8, 4) is 11.3 Å². The minimum atomic E-state index is -0.452. The fourth-order valence-electron chi connectivity index (χ4n) is 2.21. The van der Waals surface area contributed by atoms with Gasteiger partial charge in [-0.3, -0.25) is 0 Å². The van der Waals surface area contributed by atoms with E-state index in [1.54, 1.807) is 6.07 Å². The highest BCUT2D eigenvalue weighted by Gasteiger charge is 2.28. The summed E-state index contributed by atoms with van der Waals surface area (Å²) in [6.07, 6.45) is 2.27. The molecule has 0 aliphatic heterocycles. The van der Waals surface area contributed by atoms with E-state index in [0.717, 1.165) is 18.7 Å². The van der Waals surface area contributed by atoms with E-state index >= 15 is 0 Å². The molecule has 0 saturated heterocycles. The van der Waals surface area contributed by atoms with Crippen LogP contribution in [-0.2, 0) is 0 Å². The van der Waals surface area contributed by atoms with Crippen molar-refractivity contribution in [2.45, 2.75) is 25.8 Å². The fraction of sp³-hybridized carbons (Fsp3) is 0.308. The zero-order chi connectivity index (χ0) is 12.9. The third-order valence-electron chi connectivity index (χ3n) is 3.23. The van der Waals surface area contributed by atoms with Crippen LogP contribution in [0.4, 0.5) is 10.2 Å². The second-order valence-electron chi connectivity index (χ2n) is 4.62. The van der Waals surface area contributed by atoms with Gasteiger partial charge in [-0.2, -0.15) is 0 Å². The highest BCUT2D eigenvalue weighted by Crippen LogP contribution is 2.40. The predicted molar refractivity (Wildman–Crippen MR) is 70.1 cm³/mol. The van der Waals surface area contributed by atoms with Gasteiger partial charge in [-0.15, -0.1) is 0 Å². The van der Waals surface area contributed by atoms with Crippen LogP contribution in [0.5, 0.6) is 0 Å². The topological polar surface area (TPSA) is 43.8 Å². The Bertz CT molecular complexity index is 617. The van der Waals surface area contributed by atoms with Crippen molar-refractivity contribution in [3.63, 3.8) is 0 Å². The van der Waals surface area contributed by atoms with Gasteiger partial charge in [-0.25, -0.2) is 9.37 Å². The lowest BCUT2D eigenvalue weighted by Gasteiger charge is -2.05. The van der Waals surface area contributed by atoms with Crippen LogP contribution in [0.25, 0.3) is 11.3 Å². The molecule has 18 heavy (non-hydrogen) atoms. The normalized spacial score (nSPS) is 15.1. The van der Waals surface area contributed by atoms with Crippen molar-refractivity contribution in [1.29, 1.82) is 0 Å². The predicted octanol–water partition coefficient (Wildman–Crippen LogP) is 3.57. The van der Waals surface area contributed by atoms with Crippen molar-refractivity contribution < 1.29 is 4.39 Å². The highest BCUT2D eigenvalue weighted by molar-refractivity contribution is 6.30. The van der Waals surface area contributed by atoms with E-state index in [9.17, 15) is 4.39 Å². The standard InChI is InChI=1S/C13H13ClFN3/c1-7-17-12(13(16)18(7)9-3-4-9)8-2-5-10(14)11(15)6-8/h2,5-6,9H,3-4,16H2,1H3. The number of nitrogen functional groups attached to an aromatic ring is 1. The Labute approximate surface area is 109 Å². The molecule has 0 unspecified atom stereocenters. The highest BCUT2D eigenvalue weighted by atomic mass is 35.5. The van der Waals surface area contributed by atoms with Gasteiger partial charge in [0.25, 0.3) is 0 Å². The summed E-state index contributed by atoms with van der Waals surface area (Å²) in [7, 11) is 0. The monoisotopic (exact) mass is 265 g/mol. The molecule has 1 fully saturated rings. The van der Waals surface area contributed by atoms with Crippen LogP contribution in [0.3, 0.4) is 0 Å². The lowest BCUT2D eigenvalue weighted by atomic mass is 10.1. The van der Waals surface area contributed by atoms with Crippen LogP contribution in [0, 0.1) is 12.7 Å². The number of rotatable bonds is 2. The van der Waals surface area contributed by atoms with Gasteiger partial charge in [-0.1, -0.05) is 17.7 Å². The van der Waals surface area contributed by atoms with Crippen molar-refractivity contribution >= 4 is 17.4 Å². The molecular weight excluding hydrogens is 253 g/mol. The van der Waals surface area contributed by atoms with Crippen LogP contribution in [0.2, 0.25) is 5.02 Å². The number of hydrogen-bond donors (Lipinski definition) is 1. The molecule has 1 aliphatic rings. The Kier molecular flexibility index (Phi) is 2.55. The lowest BCUT2D eigenvalue weighted by Crippen LogP contribution is -2.02. The first kappa shape index (κ1) is 11.5. The Morgan fingerprint density at radius 2 is 2.17 bits per heavy atom. The SMILES string of the molecule is Cc1nc(-c2ccc(Cl)c(F)c2)c(N)n1C1CC1. The first-order chi connectivity index (χ1) is 8.58. The summed E-state index contributed by atoms with van der Waals surface area (Å²) in [5, 5.41) is 0.107. The number of nitrogens with two attached hydrogens (primary N) is 1. The van der Waals surface area contributed by atoms with Crippen LogP contribution >= 0.6 is 11.6 Å². The summed E-state index contributed by atoms with van der Waals surface area (Å²) in [6, 6.07) is 5.10. The second kappa shape index (κ2) is 3.99. The van der Waals surface area contributed by atoms with Crippen molar-refractivity contribution in [3.05, 3.63) is 34.9 Å². The molecule has 0 radical (unpaired) electrons. The van der Waals surface area contributed by atoms with E-state index in [1.165, 1.54) is 12.1 Å². The maximum atomic E-state index is 13.5. The van der Waals surface area contributed by atoms with Gasteiger partial charge in [0.05, 0.1) is 5.02 Å². The van der Waals surface area contributed by atoms with Gasteiger partial charge < -0.3 is 10.3 Å². The maximum Gasteiger partial charge on any atom is 0.142 e. The number of anilines is 1. The zero-order valence-corrected chi connectivity index (χ0v) is 10.7. The summed E-state index contributed by atoms with van der Waals surface area (Å²) in [5.41, 5.74) is 7.41. The summed E-state index contributed by atoms with van der Waals surface area (Å²) >= 11 is 5.67. The molecule has 0 spiro atoms. The smallest absolute Gasteiger partial charge is 0.142 e. The number of imidazole rings is 1. The molecule has 3 nitrogen and oxygen atoms in total. The van der Waals surface area contributed by atoms with E-state index in [-0.39, 0.29) is 5.02 Å². The number of benzene rings is 1.